The zero-order valence-corrected chi connectivity index (χ0v) is 11.7. The molecule has 0 bridgehead atoms. The van der Waals surface area contributed by atoms with Gasteiger partial charge in [-0.1, -0.05) is 44.2 Å². The van der Waals surface area contributed by atoms with Gasteiger partial charge in [0.05, 0.1) is 19.8 Å². The van der Waals surface area contributed by atoms with Crippen LogP contribution in [0, 0.1) is 0 Å². The van der Waals surface area contributed by atoms with E-state index >= 15 is 0 Å². The number of ether oxygens (including phenoxy) is 1. The maximum Gasteiger partial charge on any atom is 0.126 e. The average Bonchev–Trinajstić information content (AvgIpc) is 2.43. The van der Waals surface area contributed by atoms with Crippen molar-refractivity contribution in [1.82, 2.24) is 5.32 Å². The van der Waals surface area contributed by atoms with Crippen molar-refractivity contribution in [3.05, 3.63) is 42.0 Å². The Bertz CT molecular complexity index is 551. The molecular weight excluding hydrogens is 238 g/mol. The van der Waals surface area contributed by atoms with Crippen LogP contribution in [0.15, 0.2) is 36.4 Å². The van der Waals surface area contributed by atoms with Crippen LogP contribution < -0.4 is 10.1 Å². The number of nitrogens with one attached hydrogen (secondary N) is 1. The van der Waals surface area contributed by atoms with Gasteiger partial charge in [-0.25, -0.2) is 0 Å². The fourth-order valence-electron chi connectivity index (χ4n) is 2.42. The second-order valence-corrected chi connectivity index (χ2v) is 4.96. The molecule has 2 rings (SSSR count). The molecule has 3 heteroatoms. The molecule has 0 aromatic heterocycles. The molecule has 0 heterocycles. The van der Waals surface area contributed by atoms with Gasteiger partial charge in [-0.15, -0.1) is 0 Å². The molecule has 3 nitrogen and oxygen atoms in total. The molecule has 1 atom stereocenters. The average molecular weight is 259 g/mol. The molecule has 2 aromatic rings. The number of benzene rings is 2. The van der Waals surface area contributed by atoms with E-state index in [9.17, 15) is 5.11 Å². The Morgan fingerprint density at radius 3 is 2.37 bits per heavy atom. The molecule has 1 unspecified atom stereocenters. The van der Waals surface area contributed by atoms with E-state index in [1.807, 2.05) is 30.3 Å². The lowest BCUT2D eigenvalue weighted by molar-refractivity contribution is 0.238. The summed E-state index contributed by atoms with van der Waals surface area (Å²) in [6, 6.07) is 12.4. The monoisotopic (exact) mass is 259 g/mol. The van der Waals surface area contributed by atoms with Crippen LogP contribution in [0.3, 0.4) is 0 Å². The van der Waals surface area contributed by atoms with Gasteiger partial charge in [0.15, 0.2) is 0 Å². The van der Waals surface area contributed by atoms with Gasteiger partial charge in [-0.3, -0.25) is 0 Å². The second kappa shape index (κ2) is 6.04. The summed E-state index contributed by atoms with van der Waals surface area (Å²) in [7, 11) is 1.68. The highest BCUT2D eigenvalue weighted by molar-refractivity contribution is 5.91. The summed E-state index contributed by atoms with van der Waals surface area (Å²) in [6.45, 7) is 4.23. The molecular formula is C16H21NO2. The van der Waals surface area contributed by atoms with Crippen molar-refractivity contribution in [3.8, 4) is 5.75 Å². The van der Waals surface area contributed by atoms with E-state index < -0.39 is 0 Å². The summed E-state index contributed by atoms with van der Waals surface area (Å²) in [5, 5.41) is 15.2. The van der Waals surface area contributed by atoms with E-state index in [2.05, 4.69) is 25.2 Å². The lowest BCUT2D eigenvalue weighted by atomic mass is 9.98. The number of aliphatic hydroxyl groups excluding tert-OH is 1. The molecule has 2 aromatic carbocycles. The Labute approximate surface area is 114 Å². The van der Waals surface area contributed by atoms with Crippen molar-refractivity contribution >= 4 is 10.8 Å². The van der Waals surface area contributed by atoms with Crippen LogP contribution in [0.1, 0.15) is 25.5 Å². The standard InChI is InChI=1S/C16H21NO2/c1-11(2)17-15(10-18)13-8-9-16(19-3)14-7-5-4-6-12(13)14/h4-9,11,15,17-18H,10H2,1-3H3. The smallest absolute Gasteiger partial charge is 0.126 e. The first kappa shape index (κ1) is 13.8. The summed E-state index contributed by atoms with van der Waals surface area (Å²) in [5.74, 6) is 0.862. The number of methoxy groups -OCH3 is 1. The highest BCUT2D eigenvalue weighted by Gasteiger charge is 2.15. The van der Waals surface area contributed by atoms with Crippen LogP contribution in [0.5, 0.6) is 5.75 Å². The lowest BCUT2D eigenvalue weighted by Gasteiger charge is -2.21. The van der Waals surface area contributed by atoms with Gasteiger partial charge in [-0.2, -0.15) is 0 Å². The Morgan fingerprint density at radius 2 is 1.79 bits per heavy atom. The molecule has 0 aliphatic rings. The highest BCUT2D eigenvalue weighted by atomic mass is 16.5. The van der Waals surface area contributed by atoms with Crippen molar-refractivity contribution < 1.29 is 9.84 Å². The summed E-state index contributed by atoms with van der Waals surface area (Å²) < 4.78 is 5.39. The summed E-state index contributed by atoms with van der Waals surface area (Å²) in [6.07, 6.45) is 0. The van der Waals surface area contributed by atoms with Gasteiger partial charge in [0.1, 0.15) is 5.75 Å². The predicted octanol–water partition coefficient (Wildman–Crippen LogP) is 2.88. The maximum absolute atomic E-state index is 9.62. The van der Waals surface area contributed by atoms with Gasteiger partial charge in [0.2, 0.25) is 0 Å². The number of hydrogen-bond donors (Lipinski definition) is 2. The van der Waals surface area contributed by atoms with Crippen LogP contribution in [-0.2, 0) is 0 Å². The van der Waals surface area contributed by atoms with Crippen molar-refractivity contribution in [2.75, 3.05) is 13.7 Å². The van der Waals surface area contributed by atoms with E-state index in [4.69, 9.17) is 4.74 Å². The van der Waals surface area contributed by atoms with Crippen molar-refractivity contribution in [1.29, 1.82) is 0 Å². The number of aliphatic hydroxyl groups is 1. The van der Waals surface area contributed by atoms with Gasteiger partial charge in [0, 0.05) is 11.4 Å². The SMILES string of the molecule is COc1ccc(C(CO)NC(C)C)c2ccccc12. The molecule has 0 spiro atoms. The molecule has 0 saturated carbocycles. The number of fused-ring (bicyclic) bond motifs is 1. The first-order valence-corrected chi connectivity index (χ1v) is 6.60. The van der Waals surface area contributed by atoms with E-state index in [1.165, 1.54) is 0 Å². The van der Waals surface area contributed by atoms with E-state index in [-0.39, 0.29) is 12.6 Å². The molecule has 0 aliphatic carbocycles. The Morgan fingerprint density at radius 1 is 1.11 bits per heavy atom. The summed E-state index contributed by atoms with van der Waals surface area (Å²) >= 11 is 0. The van der Waals surface area contributed by atoms with E-state index in [0.29, 0.717) is 6.04 Å². The van der Waals surface area contributed by atoms with Crippen LogP contribution in [0.2, 0.25) is 0 Å². The first-order chi connectivity index (χ1) is 9.17. The fourth-order valence-corrected chi connectivity index (χ4v) is 2.42. The minimum absolute atomic E-state index is 0.0594. The molecule has 0 aliphatic heterocycles. The van der Waals surface area contributed by atoms with Crippen molar-refractivity contribution in [2.24, 2.45) is 0 Å². The quantitative estimate of drug-likeness (QED) is 0.867. The van der Waals surface area contributed by atoms with Crippen LogP contribution in [-0.4, -0.2) is 24.9 Å². The van der Waals surface area contributed by atoms with Gasteiger partial charge >= 0.3 is 0 Å². The summed E-state index contributed by atoms with van der Waals surface area (Å²) in [4.78, 5) is 0. The van der Waals surface area contributed by atoms with Crippen molar-refractivity contribution in [2.45, 2.75) is 25.9 Å². The Hall–Kier alpha value is -1.58. The summed E-state index contributed by atoms with van der Waals surface area (Å²) in [5.41, 5.74) is 1.10. The Balaban J connectivity index is 2.54. The van der Waals surface area contributed by atoms with Crippen LogP contribution >= 0.6 is 0 Å². The third-order valence-corrected chi connectivity index (χ3v) is 3.23. The zero-order chi connectivity index (χ0) is 13.8. The van der Waals surface area contributed by atoms with Gasteiger partial charge in [0.25, 0.3) is 0 Å². The lowest BCUT2D eigenvalue weighted by Crippen LogP contribution is -2.30. The van der Waals surface area contributed by atoms with Gasteiger partial charge in [-0.05, 0) is 17.0 Å². The maximum atomic E-state index is 9.62. The normalized spacial score (nSPS) is 12.9. The molecule has 102 valence electrons. The molecule has 2 N–H and O–H groups in total. The predicted molar refractivity (Wildman–Crippen MR) is 78.6 cm³/mol. The molecule has 0 fully saturated rings. The topological polar surface area (TPSA) is 41.5 Å². The third-order valence-electron chi connectivity index (χ3n) is 3.23. The minimum Gasteiger partial charge on any atom is -0.496 e. The molecule has 0 radical (unpaired) electrons. The molecule has 0 amide bonds. The third kappa shape index (κ3) is 2.88. The number of hydrogen-bond acceptors (Lipinski definition) is 3. The number of rotatable bonds is 5. The highest BCUT2D eigenvalue weighted by Crippen LogP contribution is 2.31. The largest absolute Gasteiger partial charge is 0.496 e. The molecule has 19 heavy (non-hydrogen) atoms. The van der Waals surface area contributed by atoms with E-state index in [0.717, 1.165) is 22.1 Å². The zero-order valence-electron chi connectivity index (χ0n) is 11.7. The second-order valence-electron chi connectivity index (χ2n) is 4.96. The van der Waals surface area contributed by atoms with Crippen LogP contribution in [0.4, 0.5) is 0 Å². The van der Waals surface area contributed by atoms with Crippen molar-refractivity contribution in [3.63, 3.8) is 0 Å². The Kier molecular flexibility index (Phi) is 4.40. The van der Waals surface area contributed by atoms with E-state index in [1.54, 1.807) is 7.11 Å². The minimum atomic E-state index is -0.0594. The van der Waals surface area contributed by atoms with Gasteiger partial charge < -0.3 is 15.2 Å². The fraction of sp³-hybridized carbons (Fsp3) is 0.375. The van der Waals surface area contributed by atoms with Crippen LogP contribution in [0.25, 0.3) is 10.8 Å². The molecule has 0 saturated heterocycles. The first-order valence-electron chi connectivity index (χ1n) is 6.60.